The van der Waals surface area contributed by atoms with Gasteiger partial charge in [0.2, 0.25) is 0 Å². The van der Waals surface area contributed by atoms with Gasteiger partial charge in [0, 0.05) is 12.5 Å². The Kier molecular flexibility index (Phi) is 9.25. The van der Waals surface area contributed by atoms with Crippen LogP contribution < -0.4 is 0 Å². The smallest absolute Gasteiger partial charge is 0.410 e. The van der Waals surface area contributed by atoms with E-state index in [1.54, 1.807) is 26.8 Å². The monoisotopic (exact) mass is 401 g/mol. The minimum absolute atomic E-state index is 0.0733. The highest BCUT2D eigenvalue weighted by Gasteiger charge is 2.40. The first kappa shape index (κ1) is 25.7. The molecule has 6 nitrogen and oxygen atoms in total. The molecule has 0 aromatic heterocycles. The first-order valence-electron chi connectivity index (χ1n) is 9.39. The predicted octanol–water partition coefficient (Wildman–Crippen LogP) is 4.61. The maximum atomic E-state index is 12.6. The van der Waals surface area contributed by atoms with Crippen LogP contribution in [0, 0.1) is 5.92 Å². The molecular formula is C20H39NO5Si. The van der Waals surface area contributed by atoms with Crippen molar-refractivity contribution in [1.82, 2.24) is 4.90 Å². The van der Waals surface area contributed by atoms with E-state index in [1.165, 1.54) is 12.0 Å². The van der Waals surface area contributed by atoms with Crippen molar-refractivity contribution >= 4 is 20.4 Å². The van der Waals surface area contributed by atoms with E-state index in [0.717, 1.165) is 0 Å². The molecule has 0 fully saturated rings. The van der Waals surface area contributed by atoms with Crippen molar-refractivity contribution < 1.29 is 23.5 Å². The highest BCUT2D eigenvalue weighted by atomic mass is 28.4. The number of carbonyl (C=O) groups is 2. The molecule has 0 aliphatic heterocycles. The van der Waals surface area contributed by atoms with Gasteiger partial charge < -0.3 is 13.9 Å². The Hall–Kier alpha value is -1.34. The van der Waals surface area contributed by atoms with Crippen LogP contribution in [-0.2, 0) is 18.7 Å². The fraction of sp³-hybridized carbons (Fsp3) is 0.800. The van der Waals surface area contributed by atoms with E-state index < -0.39 is 26.0 Å². The second-order valence-electron chi connectivity index (χ2n) is 9.42. The number of hydrogen-bond donors (Lipinski definition) is 0. The molecule has 0 saturated heterocycles. The van der Waals surface area contributed by atoms with Gasteiger partial charge in [-0.05, 0) is 45.8 Å². The van der Waals surface area contributed by atoms with E-state index in [-0.39, 0.29) is 30.1 Å². The van der Waals surface area contributed by atoms with E-state index in [0.29, 0.717) is 0 Å². The third kappa shape index (κ3) is 8.93. The van der Waals surface area contributed by atoms with Gasteiger partial charge in [-0.15, -0.1) is 6.58 Å². The van der Waals surface area contributed by atoms with Crippen LogP contribution in [0.4, 0.5) is 4.79 Å². The van der Waals surface area contributed by atoms with Crippen molar-refractivity contribution in [3.63, 3.8) is 0 Å². The van der Waals surface area contributed by atoms with Crippen LogP contribution in [0.15, 0.2) is 12.7 Å². The van der Waals surface area contributed by atoms with Gasteiger partial charge >= 0.3 is 12.1 Å². The van der Waals surface area contributed by atoms with Crippen LogP contribution in [0.5, 0.6) is 0 Å². The molecule has 0 aliphatic rings. The van der Waals surface area contributed by atoms with Gasteiger partial charge in [-0.1, -0.05) is 26.8 Å². The molecule has 0 unspecified atom stereocenters. The standard InChI is InChI=1S/C20H39NO5Si/c1-12-16(15(2)26-27(10,11)20(6,7)8)13-21(14-17(22)24-9)18(23)25-19(3,4)5/h12,15-16H,1,13-14H2,2-11H3/t15-,16-/m1/s1. The van der Waals surface area contributed by atoms with Crippen molar-refractivity contribution in [2.24, 2.45) is 5.92 Å². The topological polar surface area (TPSA) is 65.1 Å². The average Bonchev–Trinajstić information content (AvgIpc) is 2.47. The number of ether oxygens (including phenoxy) is 2. The maximum absolute atomic E-state index is 12.6. The Morgan fingerprint density at radius 1 is 1.15 bits per heavy atom. The van der Waals surface area contributed by atoms with Gasteiger partial charge in [-0.25, -0.2) is 4.79 Å². The van der Waals surface area contributed by atoms with E-state index in [2.05, 4.69) is 40.4 Å². The number of hydrogen-bond acceptors (Lipinski definition) is 5. The number of rotatable bonds is 8. The lowest BCUT2D eigenvalue weighted by atomic mass is 10.0. The van der Waals surface area contributed by atoms with Crippen LogP contribution in [-0.4, -0.2) is 57.2 Å². The molecule has 0 bridgehead atoms. The summed E-state index contributed by atoms with van der Waals surface area (Å²) in [5.41, 5.74) is -0.654. The molecule has 27 heavy (non-hydrogen) atoms. The Morgan fingerprint density at radius 3 is 2.04 bits per heavy atom. The summed E-state index contributed by atoms with van der Waals surface area (Å²) in [4.78, 5) is 25.7. The Balaban J connectivity index is 5.36. The number of amides is 1. The van der Waals surface area contributed by atoms with Crippen molar-refractivity contribution in [3.8, 4) is 0 Å². The van der Waals surface area contributed by atoms with Crippen LogP contribution in [0.2, 0.25) is 18.1 Å². The maximum Gasteiger partial charge on any atom is 0.410 e. The number of nitrogens with zero attached hydrogens (tertiary/aromatic N) is 1. The highest BCUT2D eigenvalue weighted by Crippen LogP contribution is 2.38. The second-order valence-corrected chi connectivity index (χ2v) is 14.2. The van der Waals surface area contributed by atoms with Crippen molar-refractivity contribution in [1.29, 1.82) is 0 Å². The first-order valence-corrected chi connectivity index (χ1v) is 12.3. The van der Waals surface area contributed by atoms with E-state index in [4.69, 9.17) is 13.9 Å². The summed E-state index contributed by atoms with van der Waals surface area (Å²) in [6.45, 7) is 22.2. The lowest BCUT2D eigenvalue weighted by molar-refractivity contribution is -0.142. The molecule has 0 saturated carbocycles. The van der Waals surface area contributed by atoms with Gasteiger partial charge in [0.15, 0.2) is 8.32 Å². The number of methoxy groups -OCH3 is 1. The molecule has 0 heterocycles. The van der Waals surface area contributed by atoms with Crippen molar-refractivity contribution in [2.45, 2.75) is 78.3 Å². The largest absolute Gasteiger partial charge is 0.468 e. The third-order valence-corrected chi connectivity index (χ3v) is 9.40. The minimum atomic E-state index is -1.98. The van der Waals surface area contributed by atoms with Gasteiger partial charge in [0.05, 0.1) is 13.2 Å². The summed E-state index contributed by atoms with van der Waals surface area (Å²) < 4.78 is 16.6. The van der Waals surface area contributed by atoms with Gasteiger partial charge in [-0.2, -0.15) is 0 Å². The van der Waals surface area contributed by atoms with Gasteiger partial charge in [0.1, 0.15) is 12.1 Å². The zero-order valence-electron chi connectivity index (χ0n) is 18.8. The fourth-order valence-corrected chi connectivity index (χ4v) is 3.61. The van der Waals surface area contributed by atoms with Crippen LogP contribution in [0.1, 0.15) is 48.5 Å². The predicted molar refractivity (Wildman–Crippen MR) is 111 cm³/mol. The summed E-state index contributed by atoms with van der Waals surface area (Å²) >= 11 is 0. The summed E-state index contributed by atoms with van der Waals surface area (Å²) in [5.74, 6) is -0.641. The van der Waals surface area contributed by atoms with Crippen molar-refractivity contribution in [2.75, 3.05) is 20.2 Å². The summed E-state index contributed by atoms with van der Waals surface area (Å²) in [6, 6.07) is 0. The van der Waals surface area contributed by atoms with E-state index >= 15 is 0 Å². The van der Waals surface area contributed by atoms with Crippen LogP contribution in [0.25, 0.3) is 0 Å². The molecule has 0 rings (SSSR count). The molecule has 7 heteroatoms. The van der Waals surface area contributed by atoms with Gasteiger partial charge in [-0.3, -0.25) is 9.69 Å². The van der Waals surface area contributed by atoms with Crippen LogP contribution >= 0.6 is 0 Å². The fourth-order valence-electron chi connectivity index (χ4n) is 2.15. The zero-order chi connectivity index (χ0) is 21.6. The molecular weight excluding hydrogens is 362 g/mol. The molecule has 0 aliphatic carbocycles. The zero-order valence-corrected chi connectivity index (χ0v) is 19.8. The summed E-state index contributed by atoms with van der Waals surface area (Å²) in [7, 11) is -0.681. The second kappa shape index (κ2) is 9.73. The van der Waals surface area contributed by atoms with Crippen molar-refractivity contribution in [3.05, 3.63) is 12.7 Å². The van der Waals surface area contributed by atoms with E-state index in [9.17, 15) is 9.59 Å². The Morgan fingerprint density at radius 2 is 1.67 bits per heavy atom. The normalized spacial score (nSPS) is 14.9. The molecule has 0 spiro atoms. The minimum Gasteiger partial charge on any atom is -0.468 e. The molecule has 0 aromatic carbocycles. The lowest BCUT2D eigenvalue weighted by Gasteiger charge is -2.40. The summed E-state index contributed by atoms with van der Waals surface area (Å²) in [6.07, 6.45) is 1.07. The first-order chi connectivity index (χ1) is 12.0. The van der Waals surface area contributed by atoms with Gasteiger partial charge in [0.25, 0.3) is 0 Å². The SMILES string of the molecule is C=C[C@H](CN(CC(=O)OC)C(=O)OC(C)(C)C)[C@@H](C)O[Si](C)(C)C(C)(C)C. The third-order valence-electron chi connectivity index (χ3n) is 4.82. The number of esters is 1. The molecule has 0 aromatic rings. The lowest BCUT2D eigenvalue weighted by Crippen LogP contribution is -2.48. The molecule has 158 valence electrons. The Labute approximate surface area is 166 Å². The average molecular weight is 402 g/mol. The molecule has 2 atom stereocenters. The Bertz CT molecular complexity index is 519. The molecule has 0 N–H and O–H groups in total. The van der Waals surface area contributed by atoms with Crippen LogP contribution in [0.3, 0.4) is 0 Å². The number of carbonyl (C=O) groups excluding carboxylic acids is 2. The molecule has 0 radical (unpaired) electrons. The van der Waals surface area contributed by atoms with E-state index in [1.807, 2.05) is 6.92 Å². The summed E-state index contributed by atoms with van der Waals surface area (Å²) in [5, 5.41) is 0.0733. The highest BCUT2D eigenvalue weighted by molar-refractivity contribution is 6.74. The quantitative estimate of drug-likeness (QED) is 0.338. The molecule has 1 amide bonds.